The summed E-state index contributed by atoms with van der Waals surface area (Å²) in [4.78, 5) is 28.1. The number of nitrogens with one attached hydrogen (secondary N) is 2. The van der Waals surface area contributed by atoms with Gasteiger partial charge in [0.2, 0.25) is 5.91 Å². The number of carbonyl (C=O) groups is 2. The van der Waals surface area contributed by atoms with Crippen LogP contribution in [0.25, 0.3) is 0 Å². The lowest BCUT2D eigenvalue weighted by Gasteiger charge is -2.17. The lowest BCUT2D eigenvalue weighted by atomic mass is 10.1. The minimum absolute atomic E-state index is 0.0144. The van der Waals surface area contributed by atoms with Gasteiger partial charge in [-0.3, -0.25) is 14.6 Å². The van der Waals surface area contributed by atoms with Crippen LogP contribution in [-0.2, 0) is 16.0 Å². The molecule has 1 aromatic carbocycles. The molecule has 1 rings (SSSR count). The lowest BCUT2D eigenvalue weighted by Crippen LogP contribution is -2.42. The number of amides is 2. The molecular weight excluding hydrogens is 352 g/mol. The maximum atomic E-state index is 12.2. The van der Waals surface area contributed by atoms with Crippen LogP contribution in [0.5, 0.6) is 0 Å². The van der Waals surface area contributed by atoms with Crippen LogP contribution in [0, 0.1) is 11.3 Å². The number of aliphatic imine (C=N–C) groups is 1. The molecule has 0 radical (unpaired) electrons. The van der Waals surface area contributed by atoms with Gasteiger partial charge in [0.25, 0.3) is 5.91 Å². The molecule has 2 N–H and O–H groups in total. The Balaban J connectivity index is 2.87. The summed E-state index contributed by atoms with van der Waals surface area (Å²) in [7, 11) is 0. The fourth-order valence-corrected chi connectivity index (χ4v) is 2.12. The van der Waals surface area contributed by atoms with E-state index in [1.807, 2.05) is 6.07 Å². The first-order chi connectivity index (χ1) is 12.2. The van der Waals surface area contributed by atoms with E-state index < -0.39 is 11.4 Å². The third kappa shape index (κ3) is 6.54. The summed E-state index contributed by atoms with van der Waals surface area (Å²) in [6, 6.07) is 9.02. The molecule has 0 aromatic heterocycles. The molecule has 0 aliphatic rings. The first-order valence-electron chi connectivity index (χ1n) is 7.84. The van der Waals surface area contributed by atoms with Gasteiger partial charge in [0.15, 0.2) is 0 Å². The average Bonchev–Trinajstić information content (AvgIpc) is 2.60. The van der Waals surface area contributed by atoms with E-state index in [1.165, 1.54) is 6.08 Å². The molecule has 0 aliphatic heterocycles. The van der Waals surface area contributed by atoms with E-state index in [-0.39, 0.29) is 18.0 Å². The molecule has 2 amide bonds. The molecular formula is C19H21ClN4O2. The Kier molecular flexibility index (Phi) is 7.76. The highest BCUT2D eigenvalue weighted by Gasteiger charge is 2.21. The largest absolute Gasteiger partial charge is 0.333 e. The third-order valence-electron chi connectivity index (χ3n) is 3.30. The van der Waals surface area contributed by atoms with Gasteiger partial charge in [-0.1, -0.05) is 35.9 Å². The fourth-order valence-electron chi connectivity index (χ4n) is 1.92. The molecule has 0 spiro atoms. The van der Waals surface area contributed by atoms with Crippen LogP contribution < -0.4 is 10.6 Å². The van der Waals surface area contributed by atoms with Crippen molar-refractivity contribution in [3.63, 3.8) is 0 Å². The number of hydrogen-bond donors (Lipinski definition) is 2. The molecule has 0 saturated carbocycles. The Morgan fingerprint density at radius 2 is 2.04 bits per heavy atom. The maximum Gasteiger partial charge on any atom is 0.271 e. The summed E-state index contributed by atoms with van der Waals surface area (Å²) in [5.41, 5.74) is 0.0140. The number of hydrogen-bond acceptors (Lipinski definition) is 4. The van der Waals surface area contributed by atoms with Crippen LogP contribution in [-0.4, -0.2) is 24.1 Å². The van der Waals surface area contributed by atoms with Crippen molar-refractivity contribution in [2.45, 2.75) is 32.7 Å². The van der Waals surface area contributed by atoms with Gasteiger partial charge in [0.1, 0.15) is 11.2 Å². The van der Waals surface area contributed by atoms with Crippen LogP contribution >= 0.6 is 11.6 Å². The molecule has 0 aliphatic carbocycles. The maximum absolute atomic E-state index is 12.2. The van der Waals surface area contributed by atoms with Crippen LogP contribution in [0.1, 0.15) is 26.3 Å². The molecule has 0 atom stereocenters. The van der Waals surface area contributed by atoms with Gasteiger partial charge in [-0.2, -0.15) is 5.26 Å². The highest BCUT2D eigenvalue weighted by molar-refractivity contribution is 6.31. The average molecular weight is 373 g/mol. The second-order valence-corrected chi connectivity index (χ2v) is 6.35. The molecule has 0 fully saturated rings. The number of benzene rings is 1. The van der Waals surface area contributed by atoms with Crippen molar-refractivity contribution in [1.29, 1.82) is 5.26 Å². The van der Waals surface area contributed by atoms with E-state index in [0.717, 1.165) is 0 Å². The quantitative estimate of drug-likeness (QED) is 0.437. The minimum atomic E-state index is -1.05. The zero-order valence-electron chi connectivity index (χ0n) is 15.0. The predicted octanol–water partition coefficient (Wildman–Crippen LogP) is 2.91. The van der Waals surface area contributed by atoms with Gasteiger partial charge in [-0.15, -0.1) is 0 Å². The van der Waals surface area contributed by atoms with Gasteiger partial charge >= 0.3 is 0 Å². The molecule has 6 nitrogen and oxygen atoms in total. The monoisotopic (exact) mass is 372 g/mol. The molecule has 0 saturated heterocycles. The van der Waals surface area contributed by atoms with Crippen LogP contribution in [0.4, 0.5) is 0 Å². The second kappa shape index (κ2) is 9.54. The molecule has 26 heavy (non-hydrogen) atoms. The molecule has 0 heterocycles. The first-order valence-corrected chi connectivity index (χ1v) is 8.22. The van der Waals surface area contributed by atoms with Gasteiger partial charge in [-0.25, -0.2) is 0 Å². The zero-order chi connectivity index (χ0) is 19.7. The highest BCUT2D eigenvalue weighted by Crippen LogP contribution is 2.15. The van der Waals surface area contributed by atoms with E-state index in [0.29, 0.717) is 16.3 Å². The first kappa shape index (κ1) is 21.1. The van der Waals surface area contributed by atoms with Crippen molar-refractivity contribution in [1.82, 2.24) is 10.6 Å². The molecule has 0 unspecified atom stereocenters. The lowest BCUT2D eigenvalue weighted by molar-refractivity contribution is -0.120. The normalized spacial score (nSPS) is 12.1. The topological polar surface area (TPSA) is 94.3 Å². The standard InChI is InChI=1S/C19H21ClN4O2/c1-5-14(11-16(22-4)18(26)24-19(2,3)12-21)23-17(25)10-13-8-6-7-9-15(13)20/h5-9,11H,4,10H2,1-3H3,(H,23,25)(H,24,26)/b14-5+,16-11-. The van der Waals surface area contributed by atoms with Gasteiger partial charge in [0.05, 0.1) is 12.5 Å². The number of allylic oxidation sites excluding steroid dienone is 2. The minimum Gasteiger partial charge on any atom is -0.333 e. The van der Waals surface area contributed by atoms with Crippen molar-refractivity contribution in [3.05, 3.63) is 58.4 Å². The van der Waals surface area contributed by atoms with Crippen molar-refractivity contribution >= 4 is 30.1 Å². The summed E-state index contributed by atoms with van der Waals surface area (Å²) in [5, 5.41) is 14.7. The smallest absolute Gasteiger partial charge is 0.271 e. The third-order valence-corrected chi connectivity index (χ3v) is 3.67. The van der Waals surface area contributed by atoms with Gasteiger partial charge in [0, 0.05) is 10.7 Å². The summed E-state index contributed by atoms with van der Waals surface area (Å²) in [6.07, 6.45) is 3.11. The van der Waals surface area contributed by atoms with E-state index in [4.69, 9.17) is 16.9 Å². The molecule has 1 aromatic rings. The summed E-state index contributed by atoms with van der Waals surface area (Å²) < 4.78 is 0. The Labute approximate surface area is 158 Å². The van der Waals surface area contributed by atoms with Crippen LogP contribution in [0.3, 0.4) is 0 Å². The van der Waals surface area contributed by atoms with Gasteiger partial charge in [-0.05, 0) is 45.2 Å². The number of halogens is 1. The Bertz CT molecular complexity index is 804. The van der Waals surface area contributed by atoms with Gasteiger partial charge < -0.3 is 10.6 Å². The zero-order valence-corrected chi connectivity index (χ0v) is 15.7. The molecule has 7 heteroatoms. The van der Waals surface area contributed by atoms with E-state index >= 15 is 0 Å². The van der Waals surface area contributed by atoms with E-state index in [1.54, 1.807) is 51.1 Å². The molecule has 0 bridgehead atoms. The number of nitrogens with zero attached hydrogens (tertiary/aromatic N) is 2. The fraction of sp³-hybridized carbons (Fsp3) is 0.263. The van der Waals surface area contributed by atoms with Crippen LogP contribution in [0.2, 0.25) is 5.02 Å². The SMILES string of the molecule is C=N/C(=C\C(=C/C)NC(=O)Cc1ccccc1Cl)C(=O)NC(C)(C)C#N. The molecule has 136 valence electrons. The highest BCUT2D eigenvalue weighted by atomic mass is 35.5. The Morgan fingerprint density at radius 3 is 2.58 bits per heavy atom. The van der Waals surface area contributed by atoms with Crippen molar-refractivity contribution in [2.24, 2.45) is 4.99 Å². The second-order valence-electron chi connectivity index (χ2n) is 5.94. The van der Waals surface area contributed by atoms with Crippen LogP contribution in [0.15, 0.2) is 52.8 Å². The van der Waals surface area contributed by atoms with Crippen molar-refractivity contribution in [3.8, 4) is 6.07 Å². The number of carbonyl (C=O) groups excluding carboxylic acids is 2. The number of nitriles is 1. The van der Waals surface area contributed by atoms with E-state index in [9.17, 15) is 9.59 Å². The predicted molar refractivity (Wildman–Crippen MR) is 103 cm³/mol. The summed E-state index contributed by atoms with van der Waals surface area (Å²) >= 11 is 6.05. The summed E-state index contributed by atoms with van der Waals surface area (Å²) in [5.74, 6) is -0.852. The van der Waals surface area contributed by atoms with Crippen molar-refractivity contribution in [2.75, 3.05) is 0 Å². The summed E-state index contributed by atoms with van der Waals surface area (Å²) in [6.45, 7) is 8.20. The number of rotatable bonds is 7. The Hall–Kier alpha value is -2.91. The van der Waals surface area contributed by atoms with E-state index in [2.05, 4.69) is 22.3 Å². The van der Waals surface area contributed by atoms with Crippen molar-refractivity contribution < 1.29 is 9.59 Å². The Morgan fingerprint density at radius 1 is 1.38 bits per heavy atom.